The second-order valence-electron chi connectivity index (χ2n) is 7.20. The number of nitro groups is 1. The summed E-state index contributed by atoms with van der Waals surface area (Å²) in [6, 6.07) is 7.01. The third kappa shape index (κ3) is 6.69. The van der Waals surface area contributed by atoms with E-state index in [1.807, 2.05) is 18.2 Å². The van der Waals surface area contributed by atoms with Crippen LogP contribution in [0.25, 0.3) is 3.59 Å². The number of aliphatic hydroxyl groups is 1. The molecule has 0 heterocycles. The van der Waals surface area contributed by atoms with E-state index in [0.717, 1.165) is 5.56 Å². The average Bonchev–Trinajstić information content (AvgIpc) is 2.66. The van der Waals surface area contributed by atoms with Crippen LogP contribution >= 0.6 is 0 Å². The molecule has 146 valence electrons. The normalized spacial score (nSPS) is 12.4. The molecule has 0 saturated carbocycles. The predicted octanol–water partition coefficient (Wildman–Crippen LogP) is 6.36. The molecule has 0 atom stereocenters. The molecule has 1 N–H and O–H groups in total. The van der Waals surface area contributed by atoms with E-state index >= 15 is 0 Å². The predicted molar refractivity (Wildman–Crippen MR) is 113 cm³/mol. The first kappa shape index (κ1) is 23.2. The monoisotopic (exact) mass is 469 g/mol. The molecule has 0 aliphatic heterocycles. The molecule has 0 aliphatic carbocycles. The number of nitrogens with zero attached hydrogens (tertiary/aromatic N) is 1. The van der Waals surface area contributed by atoms with Gasteiger partial charge in [0.05, 0.1) is 0 Å². The van der Waals surface area contributed by atoms with Crippen molar-refractivity contribution in [1.29, 1.82) is 0 Å². The van der Waals surface area contributed by atoms with Crippen LogP contribution < -0.4 is 0 Å². The summed E-state index contributed by atoms with van der Waals surface area (Å²) < 4.78 is 5.32. The van der Waals surface area contributed by atoms with E-state index in [1.165, 1.54) is 55.4 Å². The molecule has 0 aromatic heterocycles. The molecule has 1 rings (SSSR count). The van der Waals surface area contributed by atoms with Gasteiger partial charge >= 0.3 is 163 Å². The SMILES string of the molecule is CCC[CH2][Sn]([CH2]CCC)([CH2]CCC)/[C](=C/CO)c1ccc([N+](=O)[O-])cc1. The Kier molecular flexibility index (Phi) is 11.1. The minimum absolute atomic E-state index is 0.0510. The van der Waals surface area contributed by atoms with Crippen LogP contribution in [0.2, 0.25) is 13.3 Å². The number of rotatable bonds is 13. The number of non-ortho nitro benzene ring substituents is 1. The maximum atomic E-state index is 11.0. The molecule has 0 unspecified atom stereocenters. The third-order valence-electron chi connectivity index (χ3n) is 5.28. The van der Waals surface area contributed by atoms with Crippen LogP contribution in [0.15, 0.2) is 30.3 Å². The summed E-state index contributed by atoms with van der Waals surface area (Å²) in [4.78, 5) is 10.6. The first-order chi connectivity index (χ1) is 12.5. The fourth-order valence-corrected chi connectivity index (χ4v) is 20.8. The molecular formula is C21H35NO3Sn. The molecule has 26 heavy (non-hydrogen) atoms. The summed E-state index contributed by atoms with van der Waals surface area (Å²) in [6.45, 7) is 6.79. The number of nitro benzene ring substituents is 1. The summed E-state index contributed by atoms with van der Waals surface area (Å²) in [7, 11) is 0. The van der Waals surface area contributed by atoms with Gasteiger partial charge in [0.1, 0.15) is 0 Å². The van der Waals surface area contributed by atoms with Gasteiger partial charge in [0, 0.05) is 0 Å². The number of aliphatic hydroxyl groups excluding tert-OH is 1. The zero-order chi connectivity index (χ0) is 19.4. The molecule has 0 bridgehead atoms. The summed E-state index contributed by atoms with van der Waals surface area (Å²) in [5.74, 6) is 0. The van der Waals surface area contributed by atoms with Gasteiger partial charge in [0.25, 0.3) is 0 Å². The second kappa shape index (κ2) is 12.5. The van der Waals surface area contributed by atoms with Crippen molar-refractivity contribution < 1.29 is 10.0 Å². The molecule has 0 saturated heterocycles. The van der Waals surface area contributed by atoms with Gasteiger partial charge in [-0.2, -0.15) is 0 Å². The molecule has 1 aromatic carbocycles. The Morgan fingerprint density at radius 3 is 1.81 bits per heavy atom. The van der Waals surface area contributed by atoms with Crippen molar-refractivity contribution in [2.24, 2.45) is 0 Å². The van der Waals surface area contributed by atoms with Crippen molar-refractivity contribution in [2.45, 2.75) is 72.6 Å². The van der Waals surface area contributed by atoms with E-state index in [2.05, 4.69) is 20.8 Å². The van der Waals surface area contributed by atoms with E-state index in [4.69, 9.17) is 0 Å². The van der Waals surface area contributed by atoms with Crippen molar-refractivity contribution in [2.75, 3.05) is 6.61 Å². The molecule has 0 radical (unpaired) electrons. The molecule has 0 spiro atoms. The van der Waals surface area contributed by atoms with E-state index in [0.29, 0.717) is 0 Å². The van der Waals surface area contributed by atoms with Crippen LogP contribution in [0.4, 0.5) is 5.69 Å². The molecular weight excluding hydrogens is 433 g/mol. The van der Waals surface area contributed by atoms with Crippen LogP contribution in [-0.4, -0.2) is 35.0 Å². The van der Waals surface area contributed by atoms with Crippen LogP contribution in [-0.2, 0) is 0 Å². The van der Waals surface area contributed by atoms with Crippen molar-refractivity contribution in [3.8, 4) is 0 Å². The van der Waals surface area contributed by atoms with Crippen molar-refractivity contribution in [3.05, 3.63) is 46.0 Å². The number of unbranched alkanes of at least 4 members (excludes halogenated alkanes) is 3. The molecule has 0 aliphatic rings. The zero-order valence-corrected chi connectivity index (χ0v) is 19.5. The van der Waals surface area contributed by atoms with Gasteiger partial charge < -0.3 is 0 Å². The van der Waals surface area contributed by atoms with Gasteiger partial charge in [0.15, 0.2) is 0 Å². The van der Waals surface area contributed by atoms with Gasteiger partial charge in [-0.25, -0.2) is 0 Å². The second-order valence-corrected chi connectivity index (χ2v) is 20.3. The maximum absolute atomic E-state index is 11.0. The first-order valence-corrected chi connectivity index (χ1v) is 17.6. The summed E-state index contributed by atoms with van der Waals surface area (Å²) >= 11 is -2.69. The van der Waals surface area contributed by atoms with Crippen molar-refractivity contribution >= 4 is 27.7 Å². The fourth-order valence-electron chi connectivity index (χ4n) is 3.82. The zero-order valence-electron chi connectivity index (χ0n) is 16.7. The van der Waals surface area contributed by atoms with E-state index in [9.17, 15) is 15.2 Å². The minimum atomic E-state index is -2.69. The summed E-state index contributed by atoms with van der Waals surface area (Å²) in [5.41, 5.74) is 1.23. The molecule has 5 heteroatoms. The topological polar surface area (TPSA) is 63.4 Å². The molecule has 4 nitrogen and oxygen atoms in total. The standard InChI is InChI=1S/C9H8NO3.3C4H9.Sn/c11-7-1-2-8-3-5-9(6-4-8)10(12)13;3*1-3-4-2;/h1,3-6,11H,7H2;3*1,3-4H2,2H3;. The van der Waals surface area contributed by atoms with Gasteiger partial charge in [0.2, 0.25) is 0 Å². The first-order valence-electron chi connectivity index (χ1n) is 10.1. The fraction of sp³-hybridized carbons (Fsp3) is 0.619. The quantitative estimate of drug-likeness (QED) is 0.208. The van der Waals surface area contributed by atoms with E-state index in [1.54, 1.807) is 12.1 Å². The van der Waals surface area contributed by atoms with Crippen LogP contribution in [0, 0.1) is 10.1 Å². The Labute approximate surface area is 162 Å². The van der Waals surface area contributed by atoms with Crippen molar-refractivity contribution in [1.82, 2.24) is 0 Å². The van der Waals surface area contributed by atoms with Gasteiger partial charge in [-0.3, -0.25) is 0 Å². The molecule has 0 amide bonds. The third-order valence-corrected chi connectivity index (χ3v) is 21.2. The van der Waals surface area contributed by atoms with Crippen LogP contribution in [0.1, 0.15) is 64.9 Å². The Hall–Kier alpha value is -0.881. The number of benzene rings is 1. The van der Waals surface area contributed by atoms with Crippen molar-refractivity contribution in [3.63, 3.8) is 0 Å². The molecule has 1 aromatic rings. The Morgan fingerprint density at radius 1 is 1.00 bits per heavy atom. The van der Waals surface area contributed by atoms with E-state index < -0.39 is 18.4 Å². The Balaban J connectivity index is 3.35. The molecule has 0 fully saturated rings. The number of hydrogen-bond acceptors (Lipinski definition) is 3. The Morgan fingerprint density at radius 2 is 1.46 bits per heavy atom. The summed E-state index contributed by atoms with van der Waals surface area (Å²) in [6.07, 6.45) is 9.37. The Bertz CT molecular complexity index is 547. The van der Waals surface area contributed by atoms with Gasteiger partial charge in [-0.05, 0) is 0 Å². The van der Waals surface area contributed by atoms with Gasteiger partial charge in [-0.1, -0.05) is 0 Å². The number of hydrogen-bond donors (Lipinski definition) is 1. The van der Waals surface area contributed by atoms with E-state index in [-0.39, 0.29) is 17.2 Å². The average molecular weight is 468 g/mol. The summed E-state index contributed by atoms with van der Waals surface area (Å²) in [5, 5.41) is 20.7. The van der Waals surface area contributed by atoms with Gasteiger partial charge in [-0.15, -0.1) is 0 Å². The van der Waals surface area contributed by atoms with Crippen LogP contribution in [0.3, 0.4) is 0 Å². The van der Waals surface area contributed by atoms with Crippen LogP contribution in [0.5, 0.6) is 0 Å².